The van der Waals surface area contributed by atoms with E-state index in [-0.39, 0.29) is 23.8 Å². The minimum absolute atomic E-state index is 0.00561. The Morgan fingerprint density at radius 1 is 1.20 bits per heavy atom. The van der Waals surface area contributed by atoms with Gasteiger partial charge in [-0.15, -0.1) is 0 Å². The highest BCUT2D eigenvalue weighted by Crippen LogP contribution is 2.25. The van der Waals surface area contributed by atoms with Gasteiger partial charge in [0.1, 0.15) is 0 Å². The second-order valence-electron chi connectivity index (χ2n) is 7.27. The van der Waals surface area contributed by atoms with Crippen molar-refractivity contribution < 1.29 is 9.59 Å². The number of carbonyl (C=O) groups excluding carboxylic acids is 2. The first kappa shape index (κ1) is 17.7. The molecule has 0 bridgehead atoms. The van der Waals surface area contributed by atoms with Crippen LogP contribution in [0, 0.1) is 5.92 Å². The van der Waals surface area contributed by atoms with Gasteiger partial charge in [0.2, 0.25) is 11.8 Å². The van der Waals surface area contributed by atoms with Crippen LogP contribution in [0.4, 0.5) is 0 Å². The molecular formula is C21H28N2O2. The molecule has 3 rings (SSSR count). The first-order valence-corrected chi connectivity index (χ1v) is 9.42. The standard InChI is InChI=1S/C21H28N2O2/c1-3-20(24)23-12-10-17(11-13-23)21(25)22-15(2)18-9-8-16-6-4-5-7-19(16)14-18/h3,8-9,14-15,17H,1,4-7,10-13H2,2H3,(H,22,25). The Balaban J connectivity index is 1.56. The largest absolute Gasteiger partial charge is 0.349 e. The number of aryl methyl sites for hydroxylation is 2. The summed E-state index contributed by atoms with van der Waals surface area (Å²) in [5, 5.41) is 3.17. The summed E-state index contributed by atoms with van der Waals surface area (Å²) in [6.07, 6.45) is 7.67. The zero-order chi connectivity index (χ0) is 17.8. The van der Waals surface area contributed by atoms with Crippen LogP contribution in [0.2, 0.25) is 0 Å². The second-order valence-corrected chi connectivity index (χ2v) is 7.27. The molecule has 1 unspecified atom stereocenters. The van der Waals surface area contributed by atoms with E-state index in [2.05, 4.69) is 37.0 Å². The van der Waals surface area contributed by atoms with Crippen molar-refractivity contribution in [2.45, 2.75) is 51.5 Å². The molecule has 1 saturated heterocycles. The van der Waals surface area contributed by atoms with Crippen LogP contribution in [0.1, 0.15) is 55.3 Å². The van der Waals surface area contributed by atoms with E-state index in [1.54, 1.807) is 4.90 Å². The molecule has 25 heavy (non-hydrogen) atoms. The molecule has 1 N–H and O–H groups in total. The number of benzene rings is 1. The van der Waals surface area contributed by atoms with E-state index in [0.717, 1.165) is 19.3 Å². The molecule has 134 valence electrons. The third-order valence-electron chi connectivity index (χ3n) is 5.58. The number of hydrogen-bond acceptors (Lipinski definition) is 2. The van der Waals surface area contributed by atoms with E-state index in [1.165, 1.54) is 42.0 Å². The van der Waals surface area contributed by atoms with Crippen molar-refractivity contribution in [3.05, 3.63) is 47.5 Å². The van der Waals surface area contributed by atoms with Crippen LogP contribution in [-0.4, -0.2) is 29.8 Å². The molecule has 1 aromatic rings. The van der Waals surface area contributed by atoms with Crippen molar-refractivity contribution in [2.24, 2.45) is 5.92 Å². The predicted octanol–water partition coefficient (Wildman–Crippen LogP) is 3.17. The number of nitrogens with zero attached hydrogens (tertiary/aromatic N) is 1. The normalized spacial score (nSPS) is 19.0. The van der Waals surface area contributed by atoms with Crippen molar-refractivity contribution in [3.63, 3.8) is 0 Å². The summed E-state index contributed by atoms with van der Waals surface area (Å²) in [7, 11) is 0. The number of fused-ring (bicyclic) bond motifs is 1. The Labute approximate surface area is 150 Å². The zero-order valence-electron chi connectivity index (χ0n) is 15.1. The first-order chi connectivity index (χ1) is 12.1. The number of hydrogen-bond donors (Lipinski definition) is 1. The van der Waals surface area contributed by atoms with Crippen molar-refractivity contribution >= 4 is 11.8 Å². The summed E-state index contributed by atoms with van der Waals surface area (Å²) in [5.41, 5.74) is 4.10. The summed E-state index contributed by atoms with van der Waals surface area (Å²) in [5.74, 6) is 0.0613. The molecule has 2 aliphatic rings. The van der Waals surface area contributed by atoms with Crippen molar-refractivity contribution in [1.82, 2.24) is 10.2 Å². The number of rotatable bonds is 4. The molecule has 0 aromatic heterocycles. The van der Waals surface area contributed by atoms with E-state index in [0.29, 0.717) is 13.1 Å². The molecule has 1 aliphatic carbocycles. The quantitative estimate of drug-likeness (QED) is 0.856. The lowest BCUT2D eigenvalue weighted by molar-refractivity contribution is -0.132. The number of amides is 2. The van der Waals surface area contributed by atoms with Crippen LogP contribution in [-0.2, 0) is 22.4 Å². The maximum Gasteiger partial charge on any atom is 0.245 e. The van der Waals surface area contributed by atoms with E-state index >= 15 is 0 Å². The topological polar surface area (TPSA) is 49.4 Å². The third kappa shape index (κ3) is 4.12. The van der Waals surface area contributed by atoms with Gasteiger partial charge < -0.3 is 10.2 Å². The Bertz CT molecular complexity index is 660. The summed E-state index contributed by atoms with van der Waals surface area (Å²) >= 11 is 0. The van der Waals surface area contributed by atoms with E-state index in [1.807, 2.05) is 0 Å². The molecule has 1 atom stereocenters. The molecule has 1 aliphatic heterocycles. The fourth-order valence-electron chi connectivity index (χ4n) is 3.93. The monoisotopic (exact) mass is 340 g/mol. The van der Waals surface area contributed by atoms with Crippen molar-refractivity contribution in [1.29, 1.82) is 0 Å². The van der Waals surface area contributed by atoms with E-state index < -0.39 is 0 Å². The zero-order valence-corrected chi connectivity index (χ0v) is 15.1. The Morgan fingerprint density at radius 2 is 1.88 bits per heavy atom. The van der Waals surface area contributed by atoms with Crippen LogP contribution in [0.25, 0.3) is 0 Å². The van der Waals surface area contributed by atoms with Crippen LogP contribution in [0.15, 0.2) is 30.9 Å². The maximum atomic E-state index is 12.6. The minimum atomic E-state index is -0.0405. The van der Waals surface area contributed by atoms with Gasteiger partial charge in [0.15, 0.2) is 0 Å². The van der Waals surface area contributed by atoms with Crippen LogP contribution in [0.3, 0.4) is 0 Å². The highest BCUT2D eigenvalue weighted by atomic mass is 16.2. The number of carbonyl (C=O) groups is 2. The molecular weight excluding hydrogens is 312 g/mol. The second kappa shape index (κ2) is 7.85. The van der Waals surface area contributed by atoms with E-state index in [4.69, 9.17) is 0 Å². The molecule has 2 amide bonds. The Kier molecular flexibility index (Phi) is 5.57. The molecule has 1 heterocycles. The predicted molar refractivity (Wildman–Crippen MR) is 99.1 cm³/mol. The van der Waals surface area contributed by atoms with Crippen LogP contribution >= 0.6 is 0 Å². The van der Waals surface area contributed by atoms with Gasteiger partial charge in [0, 0.05) is 19.0 Å². The van der Waals surface area contributed by atoms with Crippen molar-refractivity contribution in [2.75, 3.05) is 13.1 Å². The Morgan fingerprint density at radius 3 is 2.56 bits per heavy atom. The summed E-state index contributed by atoms with van der Waals surface area (Å²) in [6.45, 7) is 6.85. The van der Waals surface area contributed by atoms with Crippen molar-refractivity contribution in [3.8, 4) is 0 Å². The fraction of sp³-hybridized carbons (Fsp3) is 0.524. The first-order valence-electron chi connectivity index (χ1n) is 9.42. The Hall–Kier alpha value is -2.10. The fourth-order valence-corrected chi connectivity index (χ4v) is 3.93. The molecule has 1 aromatic carbocycles. The molecule has 4 nitrogen and oxygen atoms in total. The van der Waals surface area contributed by atoms with Gasteiger partial charge in [-0.2, -0.15) is 0 Å². The molecule has 0 radical (unpaired) electrons. The van der Waals surface area contributed by atoms with Crippen LogP contribution in [0.5, 0.6) is 0 Å². The lowest BCUT2D eigenvalue weighted by Crippen LogP contribution is -2.43. The van der Waals surface area contributed by atoms with Gasteiger partial charge in [0.05, 0.1) is 6.04 Å². The molecule has 1 fully saturated rings. The maximum absolute atomic E-state index is 12.6. The summed E-state index contributed by atoms with van der Waals surface area (Å²) in [4.78, 5) is 26.0. The minimum Gasteiger partial charge on any atom is -0.349 e. The summed E-state index contributed by atoms with van der Waals surface area (Å²) in [6, 6.07) is 6.67. The van der Waals surface area contributed by atoms with Crippen LogP contribution < -0.4 is 5.32 Å². The van der Waals surface area contributed by atoms with E-state index in [9.17, 15) is 9.59 Å². The van der Waals surface area contributed by atoms with Gasteiger partial charge in [-0.1, -0.05) is 24.8 Å². The summed E-state index contributed by atoms with van der Waals surface area (Å²) < 4.78 is 0. The van der Waals surface area contributed by atoms with Gasteiger partial charge in [-0.25, -0.2) is 0 Å². The SMILES string of the molecule is C=CC(=O)N1CCC(C(=O)NC(C)c2ccc3c(c2)CCCC3)CC1. The van der Waals surface area contributed by atoms with Gasteiger partial charge in [-0.05, 0) is 68.2 Å². The molecule has 0 saturated carbocycles. The highest BCUT2D eigenvalue weighted by Gasteiger charge is 2.27. The number of piperidine rings is 1. The smallest absolute Gasteiger partial charge is 0.245 e. The average molecular weight is 340 g/mol. The van der Waals surface area contributed by atoms with Gasteiger partial charge in [0.25, 0.3) is 0 Å². The lowest BCUT2D eigenvalue weighted by Gasteiger charge is -2.31. The third-order valence-corrected chi connectivity index (χ3v) is 5.58. The van der Waals surface area contributed by atoms with Gasteiger partial charge >= 0.3 is 0 Å². The average Bonchev–Trinajstić information content (AvgIpc) is 2.67. The number of likely N-dealkylation sites (tertiary alicyclic amines) is 1. The lowest BCUT2D eigenvalue weighted by atomic mass is 9.89. The van der Waals surface area contributed by atoms with Gasteiger partial charge in [-0.3, -0.25) is 9.59 Å². The molecule has 4 heteroatoms. The highest BCUT2D eigenvalue weighted by molar-refractivity contribution is 5.87. The number of nitrogens with one attached hydrogen (secondary N) is 1. The molecule has 0 spiro atoms.